The van der Waals surface area contributed by atoms with Gasteiger partial charge in [-0.25, -0.2) is 0 Å². The molecule has 54 valence electrons. The lowest BCUT2D eigenvalue weighted by Gasteiger charge is -2.03. The lowest BCUT2D eigenvalue weighted by molar-refractivity contribution is -0.131. The number of halogens is 3. The van der Waals surface area contributed by atoms with E-state index in [1.54, 1.807) is 0 Å². The van der Waals surface area contributed by atoms with Gasteiger partial charge in [-0.3, -0.25) is 0 Å². The monoisotopic (exact) mass is 142 g/mol. The fraction of sp³-hybridized carbons (Fsp3) is 1.00. The van der Waals surface area contributed by atoms with Crippen molar-refractivity contribution in [2.75, 3.05) is 0 Å². The Labute approximate surface area is 50.4 Å². The molecule has 0 fully saturated rings. The van der Waals surface area contributed by atoms with Crippen molar-refractivity contribution in [2.45, 2.75) is 18.9 Å². The van der Waals surface area contributed by atoms with Crippen molar-refractivity contribution in [1.82, 2.24) is 0 Å². The van der Waals surface area contributed by atoms with Crippen molar-refractivity contribution in [3.8, 4) is 0 Å². The molecule has 0 rings (SSSR count). The van der Waals surface area contributed by atoms with Crippen LogP contribution < -0.4 is 0 Å². The van der Waals surface area contributed by atoms with Gasteiger partial charge in [0.1, 0.15) is 0 Å². The standard InChI is InChI=1S/C3H6BF3O2/c5-3(6,7)1-2-4(8)9/h8-9H,1-2H2. The van der Waals surface area contributed by atoms with Gasteiger partial charge in [-0.1, -0.05) is 0 Å². The number of hydrogen-bond donors (Lipinski definition) is 2. The first-order valence-electron chi connectivity index (χ1n) is 2.35. The molecule has 0 saturated carbocycles. The van der Waals surface area contributed by atoms with Crippen LogP contribution in [0.2, 0.25) is 6.32 Å². The predicted octanol–water partition coefficient (Wildman–Crippen LogP) is 0.412. The Morgan fingerprint density at radius 1 is 1.22 bits per heavy atom. The predicted molar refractivity (Wildman–Crippen MR) is 25.7 cm³/mol. The topological polar surface area (TPSA) is 40.5 Å². The zero-order chi connectivity index (χ0) is 7.49. The molecule has 2 N–H and O–H groups in total. The van der Waals surface area contributed by atoms with Gasteiger partial charge in [-0.05, 0) is 6.32 Å². The second-order valence-electron chi connectivity index (χ2n) is 1.63. The molecule has 0 spiro atoms. The molecule has 6 heteroatoms. The summed E-state index contributed by atoms with van der Waals surface area (Å²) >= 11 is 0. The van der Waals surface area contributed by atoms with Crippen molar-refractivity contribution in [3.63, 3.8) is 0 Å². The maximum absolute atomic E-state index is 11.2. The summed E-state index contributed by atoms with van der Waals surface area (Å²) < 4.78 is 33.6. The third kappa shape index (κ3) is 7.77. The largest absolute Gasteiger partial charge is 0.451 e. The summed E-state index contributed by atoms with van der Waals surface area (Å²) in [5, 5.41) is 15.9. The molecule has 0 heterocycles. The van der Waals surface area contributed by atoms with Crippen LogP contribution in [0.25, 0.3) is 0 Å². The molecule has 0 atom stereocenters. The van der Waals surface area contributed by atoms with Crippen molar-refractivity contribution < 1.29 is 23.2 Å². The molecule has 0 aliphatic rings. The van der Waals surface area contributed by atoms with Gasteiger partial charge in [0.2, 0.25) is 0 Å². The number of rotatable bonds is 2. The van der Waals surface area contributed by atoms with Crippen LogP contribution in [0.1, 0.15) is 6.42 Å². The van der Waals surface area contributed by atoms with Gasteiger partial charge in [0.15, 0.2) is 0 Å². The molecular weight excluding hydrogens is 136 g/mol. The van der Waals surface area contributed by atoms with E-state index >= 15 is 0 Å². The molecule has 0 aromatic heterocycles. The minimum absolute atomic E-state index is 0.649. The van der Waals surface area contributed by atoms with Gasteiger partial charge in [0, 0.05) is 6.42 Å². The average molecular weight is 142 g/mol. The van der Waals surface area contributed by atoms with Crippen molar-refractivity contribution in [2.24, 2.45) is 0 Å². The van der Waals surface area contributed by atoms with Crippen LogP contribution in [-0.2, 0) is 0 Å². The highest BCUT2D eigenvalue weighted by molar-refractivity contribution is 6.40. The lowest BCUT2D eigenvalue weighted by atomic mass is 9.84. The van der Waals surface area contributed by atoms with Crippen LogP contribution in [-0.4, -0.2) is 23.3 Å². The summed E-state index contributed by atoms with van der Waals surface area (Å²) in [5.41, 5.74) is 0. The van der Waals surface area contributed by atoms with Crippen LogP contribution in [0.4, 0.5) is 13.2 Å². The second kappa shape index (κ2) is 3.07. The van der Waals surface area contributed by atoms with E-state index in [1.165, 1.54) is 0 Å². The summed E-state index contributed by atoms with van der Waals surface area (Å²) in [5.74, 6) is 0. The first-order chi connectivity index (χ1) is 3.92. The van der Waals surface area contributed by atoms with E-state index in [4.69, 9.17) is 10.0 Å². The summed E-state index contributed by atoms with van der Waals surface area (Å²) in [7, 11) is -1.85. The molecular formula is C3H6BF3O2. The Bertz CT molecular complexity index is 81.6. The van der Waals surface area contributed by atoms with Gasteiger partial charge >= 0.3 is 13.3 Å². The molecule has 0 aliphatic heterocycles. The number of alkyl halides is 3. The molecule has 0 aromatic carbocycles. The minimum Gasteiger partial charge on any atom is -0.427 e. The van der Waals surface area contributed by atoms with Gasteiger partial charge in [-0.2, -0.15) is 13.2 Å². The smallest absolute Gasteiger partial charge is 0.427 e. The van der Waals surface area contributed by atoms with E-state index in [9.17, 15) is 13.2 Å². The zero-order valence-corrected chi connectivity index (χ0v) is 4.52. The SMILES string of the molecule is OB(O)CCC(F)(F)F. The van der Waals surface area contributed by atoms with Crippen LogP contribution in [0.3, 0.4) is 0 Å². The Hall–Kier alpha value is -0.225. The highest BCUT2D eigenvalue weighted by Gasteiger charge is 2.28. The Kier molecular flexibility index (Phi) is 3.00. The van der Waals surface area contributed by atoms with Crippen LogP contribution in [0.5, 0.6) is 0 Å². The van der Waals surface area contributed by atoms with Gasteiger partial charge in [0.05, 0.1) is 0 Å². The highest BCUT2D eigenvalue weighted by Crippen LogP contribution is 2.21. The van der Waals surface area contributed by atoms with E-state index in [0.717, 1.165) is 0 Å². The molecule has 9 heavy (non-hydrogen) atoms. The first kappa shape index (κ1) is 8.77. The third-order valence-electron chi connectivity index (χ3n) is 0.686. The molecule has 0 aliphatic carbocycles. The maximum Gasteiger partial charge on any atom is 0.451 e. The fourth-order valence-corrected chi connectivity index (χ4v) is 0.293. The molecule has 0 radical (unpaired) electrons. The minimum atomic E-state index is -4.29. The Morgan fingerprint density at radius 3 is 1.78 bits per heavy atom. The molecule has 0 unspecified atom stereocenters. The highest BCUT2D eigenvalue weighted by atomic mass is 19.4. The molecule has 0 bridgehead atoms. The van der Waals surface area contributed by atoms with Crippen molar-refractivity contribution in [1.29, 1.82) is 0 Å². The van der Waals surface area contributed by atoms with E-state index in [-0.39, 0.29) is 0 Å². The van der Waals surface area contributed by atoms with E-state index in [0.29, 0.717) is 0 Å². The summed E-state index contributed by atoms with van der Waals surface area (Å²) in [6.07, 6.45) is -6.09. The van der Waals surface area contributed by atoms with E-state index in [1.807, 2.05) is 0 Å². The summed E-state index contributed by atoms with van der Waals surface area (Å²) in [6.45, 7) is 0. The quantitative estimate of drug-likeness (QED) is 0.548. The Morgan fingerprint density at radius 2 is 1.67 bits per heavy atom. The Balaban J connectivity index is 3.28. The van der Waals surface area contributed by atoms with E-state index in [2.05, 4.69) is 0 Å². The van der Waals surface area contributed by atoms with Crippen LogP contribution in [0.15, 0.2) is 0 Å². The van der Waals surface area contributed by atoms with Gasteiger partial charge in [0.25, 0.3) is 0 Å². The van der Waals surface area contributed by atoms with Crippen molar-refractivity contribution in [3.05, 3.63) is 0 Å². The zero-order valence-electron chi connectivity index (χ0n) is 4.52. The van der Waals surface area contributed by atoms with Gasteiger partial charge < -0.3 is 10.0 Å². The fourth-order valence-electron chi connectivity index (χ4n) is 0.293. The first-order valence-corrected chi connectivity index (χ1v) is 2.35. The summed E-state index contributed by atoms with van der Waals surface area (Å²) in [4.78, 5) is 0. The average Bonchev–Trinajstić information content (AvgIpc) is 1.59. The maximum atomic E-state index is 11.2. The molecule has 0 aromatic rings. The lowest BCUT2D eigenvalue weighted by Crippen LogP contribution is -2.16. The molecule has 0 saturated heterocycles. The summed E-state index contributed by atoms with van der Waals surface area (Å²) in [6, 6.07) is 0. The molecule has 2 nitrogen and oxygen atoms in total. The molecule has 0 amide bonds. The van der Waals surface area contributed by atoms with Crippen LogP contribution >= 0.6 is 0 Å². The normalized spacial score (nSPS) is 11.7. The van der Waals surface area contributed by atoms with E-state index < -0.39 is 26.0 Å². The van der Waals surface area contributed by atoms with Crippen LogP contribution in [0, 0.1) is 0 Å². The number of hydrogen-bond acceptors (Lipinski definition) is 2. The second-order valence-corrected chi connectivity index (χ2v) is 1.63. The third-order valence-corrected chi connectivity index (χ3v) is 0.686. The van der Waals surface area contributed by atoms with Gasteiger partial charge in [-0.15, -0.1) is 0 Å². The van der Waals surface area contributed by atoms with Crippen molar-refractivity contribution >= 4 is 7.12 Å².